The molecule has 0 aliphatic carbocycles. The monoisotopic (exact) mass is 351 g/mol. The average Bonchev–Trinajstić information content (AvgIpc) is 2.39. The lowest BCUT2D eigenvalue weighted by Crippen LogP contribution is -2.24. The van der Waals surface area contributed by atoms with Crippen molar-refractivity contribution in [1.82, 2.24) is 0 Å². The second-order valence-electron chi connectivity index (χ2n) is 5.13. The molecule has 20 heavy (non-hydrogen) atoms. The van der Waals surface area contributed by atoms with E-state index in [4.69, 9.17) is 22.1 Å². The molecule has 2 N–H and O–H groups in total. The lowest BCUT2D eigenvalue weighted by molar-refractivity contribution is 0.161. The minimum absolute atomic E-state index is 0.0173. The van der Waals surface area contributed by atoms with Gasteiger partial charge < -0.3 is 10.5 Å². The third-order valence-electron chi connectivity index (χ3n) is 3.69. The number of aryl methyl sites for hydroxylation is 1. The molecule has 2 nitrogen and oxygen atoms in total. The molecular formula is C16H15BrClNO. The van der Waals surface area contributed by atoms with Gasteiger partial charge in [-0.15, -0.1) is 0 Å². The van der Waals surface area contributed by atoms with Crippen molar-refractivity contribution in [3.8, 4) is 5.75 Å². The summed E-state index contributed by atoms with van der Waals surface area (Å²) < 4.78 is 7.14. The fourth-order valence-electron chi connectivity index (χ4n) is 2.67. The molecular weight excluding hydrogens is 338 g/mol. The summed E-state index contributed by atoms with van der Waals surface area (Å²) >= 11 is 9.48. The van der Waals surface area contributed by atoms with Crippen molar-refractivity contribution in [2.75, 3.05) is 0 Å². The molecule has 0 saturated carbocycles. The first-order valence-corrected chi connectivity index (χ1v) is 7.69. The Balaban J connectivity index is 1.97. The second kappa shape index (κ2) is 5.40. The normalized spacial score (nSPS) is 21.2. The first-order chi connectivity index (χ1) is 9.54. The Morgan fingerprint density at radius 3 is 2.75 bits per heavy atom. The molecule has 0 radical (unpaired) electrons. The van der Waals surface area contributed by atoms with Crippen molar-refractivity contribution in [2.45, 2.75) is 25.5 Å². The van der Waals surface area contributed by atoms with Crippen LogP contribution in [0.3, 0.4) is 0 Å². The predicted molar refractivity (Wildman–Crippen MR) is 85.2 cm³/mol. The number of hydrogen-bond donors (Lipinski definition) is 1. The molecule has 0 fully saturated rings. The molecule has 2 aromatic carbocycles. The first kappa shape index (κ1) is 13.9. The minimum Gasteiger partial charge on any atom is -0.485 e. The number of fused-ring (bicyclic) bond motifs is 1. The first-order valence-electron chi connectivity index (χ1n) is 6.52. The van der Waals surface area contributed by atoms with E-state index in [0.29, 0.717) is 0 Å². The average molecular weight is 353 g/mol. The van der Waals surface area contributed by atoms with E-state index in [1.54, 1.807) is 0 Å². The van der Waals surface area contributed by atoms with Gasteiger partial charge in [0, 0.05) is 27.5 Å². The third-order valence-corrected chi connectivity index (χ3v) is 4.42. The van der Waals surface area contributed by atoms with Gasteiger partial charge in [0.15, 0.2) is 0 Å². The molecule has 0 spiro atoms. The van der Waals surface area contributed by atoms with Gasteiger partial charge in [-0.25, -0.2) is 0 Å². The topological polar surface area (TPSA) is 35.2 Å². The Kier molecular flexibility index (Phi) is 3.76. The molecule has 2 aromatic rings. The highest BCUT2D eigenvalue weighted by atomic mass is 79.9. The summed E-state index contributed by atoms with van der Waals surface area (Å²) in [5.41, 5.74) is 9.64. The van der Waals surface area contributed by atoms with Crippen molar-refractivity contribution in [3.63, 3.8) is 0 Å². The zero-order valence-electron chi connectivity index (χ0n) is 11.1. The van der Waals surface area contributed by atoms with Crippen molar-refractivity contribution in [1.29, 1.82) is 0 Å². The number of nitrogens with two attached hydrogens (primary N) is 1. The van der Waals surface area contributed by atoms with E-state index in [2.05, 4.69) is 15.9 Å². The van der Waals surface area contributed by atoms with Gasteiger partial charge in [0.1, 0.15) is 11.9 Å². The van der Waals surface area contributed by atoms with Gasteiger partial charge in [0.2, 0.25) is 0 Å². The van der Waals surface area contributed by atoms with Crippen molar-refractivity contribution in [2.24, 2.45) is 5.73 Å². The summed E-state index contributed by atoms with van der Waals surface area (Å²) in [6.07, 6.45) is 0.752. The molecule has 1 aliphatic rings. The molecule has 104 valence electrons. The van der Waals surface area contributed by atoms with E-state index in [1.807, 2.05) is 43.3 Å². The van der Waals surface area contributed by atoms with Gasteiger partial charge in [-0.1, -0.05) is 33.6 Å². The third kappa shape index (κ3) is 2.58. The van der Waals surface area contributed by atoms with E-state index in [1.165, 1.54) is 0 Å². The van der Waals surface area contributed by atoms with Crippen LogP contribution in [-0.2, 0) is 0 Å². The van der Waals surface area contributed by atoms with Crippen LogP contribution in [0.2, 0.25) is 5.02 Å². The van der Waals surface area contributed by atoms with Crippen LogP contribution in [0.25, 0.3) is 0 Å². The number of ether oxygens (including phenoxy) is 1. The number of hydrogen-bond acceptors (Lipinski definition) is 2. The largest absolute Gasteiger partial charge is 0.485 e. The quantitative estimate of drug-likeness (QED) is 0.789. The maximum Gasteiger partial charge on any atom is 0.126 e. The van der Waals surface area contributed by atoms with Crippen LogP contribution in [0.4, 0.5) is 0 Å². The van der Waals surface area contributed by atoms with Crippen LogP contribution >= 0.6 is 27.5 Å². The highest BCUT2D eigenvalue weighted by molar-refractivity contribution is 9.10. The van der Waals surface area contributed by atoms with Gasteiger partial charge in [0.05, 0.1) is 0 Å². The molecule has 2 atom stereocenters. The van der Waals surface area contributed by atoms with Crippen LogP contribution in [0.5, 0.6) is 5.75 Å². The standard InChI is InChI=1S/C16H15BrClNO/c1-9-6-11(18)3-4-12(9)16-8-14(19)13-7-10(17)2-5-15(13)20-16/h2-7,14,16H,8,19H2,1H3. The fourth-order valence-corrected chi connectivity index (χ4v) is 3.27. The SMILES string of the molecule is Cc1cc(Cl)ccc1C1CC(N)c2cc(Br)ccc2O1. The molecule has 1 aliphatic heterocycles. The molecule has 0 aromatic heterocycles. The molecule has 4 heteroatoms. The van der Waals surface area contributed by atoms with Gasteiger partial charge in [-0.3, -0.25) is 0 Å². The van der Waals surface area contributed by atoms with Crippen molar-refractivity contribution >= 4 is 27.5 Å². The van der Waals surface area contributed by atoms with E-state index in [0.717, 1.165) is 38.4 Å². The van der Waals surface area contributed by atoms with Gasteiger partial charge in [-0.05, 0) is 48.4 Å². The smallest absolute Gasteiger partial charge is 0.126 e. The van der Waals surface area contributed by atoms with Crippen LogP contribution in [-0.4, -0.2) is 0 Å². The summed E-state index contributed by atoms with van der Waals surface area (Å²) in [4.78, 5) is 0. The molecule has 2 unspecified atom stereocenters. The minimum atomic E-state index is -0.0176. The summed E-state index contributed by atoms with van der Waals surface area (Å²) in [6.45, 7) is 2.05. The van der Waals surface area contributed by atoms with E-state index in [-0.39, 0.29) is 12.1 Å². The maximum absolute atomic E-state index is 6.30. The predicted octanol–water partition coefficient (Wildman–Crippen LogP) is 4.93. The van der Waals surface area contributed by atoms with Crippen LogP contribution in [0.1, 0.15) is 35.3 Å². The fraction of sp³-hybridized carbons (Fsp3) is 0.250. The Morgan fingerprint density at radius 2 is 2.00 bits per heavy atom. The van der Waals surface area contributed by atoms with Crippen LogP contribution in [0.15, 0.2) is 40.9 Å². The maximum atomic E-state index is 6.30. The van der Waals surface area contributed by atoms with Crippen molar-refractivity contribution < 1.29 is 4.74 Å². The van der Waals surface area contributed by atoms with E-state index >= 15 is 0 Å². The van der Waals surface area contributed by atoms with Crippen molar-refractivity contribution in [3.05, 3.63) is 62.6 Å². The van der Waals surface area contributed by atoms with Gasteiger partial charge in [0.25, 0.3) is 0 Å². The number of rotatable bonds is 1. The summed E-state index contributed by atoms with van der Waals surface area (Å²) in [6, 6.07) is 11.8. The molecule has 0 bridgehead atoms. The molecule has 1 heterocycles. The Hall–Kier alpha value is -1.03. The van der Waals surface area contributed by atoms with Gasteiger partial charge in [-0.2, -0.15) is 0 Å². The van der Waals surface area contributed by atoms with Crippen LogP contribution in [0, 0.1) is 6.92 Å². The Labute approximate surface area is 132 Å². The Bertz CT molecular complexity index is 659. The molecule has 0 amide bonds. The van der Waals surface area contributed by atoms with E-state index < -0.39 is 0 Å². The zero-order chi connectivity index (χ0) is 14.3. The summed E-state index contributed by atoms with van der Waals surface area (Å²) in [5.74, 6) is 0.867. The molecule has 3 rings (SSSR count). The zero-order valence-corrected chi connectivity index (χ0v) is 13.4. The lowest BCUT2D eigenvalue weighted by Gasteiger charge is -2.31. The molecule has 0 saturated heterocycles. The summed E-state index contributed by atoms with van der Waals surface area (Å²) in [7, 11) is 0. The second-order valence-corrected chi connectivity index (χ2v) is 6.48. The number of halogens is 2. The van der Waals surface area contributed by atoms with Gasteiger partial charge >= 0.3 is 0 Å². The Morgan fingerprint density at radius 1 is 1.20 bits per heavy atom. The highest BCUT2D eigenvalue weighted by Crippen LogP contribution is 2.41. The number of benzene rings is 2. The summed E-state index contributed by atoms with van der Waals surface area (Å²) in [5, 5.41) is 0.746. The van der Waals surface area contributed by atoms with Crippen LogP contribution < -0.4 is 10.5 Å². The highest BCUT2D eigenvalue weighted by Gasteiger charge is 2.28. The lowest BCUT2D eigenvalue weighted by atomic mass is 9.92. The van der Waals surface area contributed by atoms with E-state index in [9.17, 15) is 0 Å².